The number of carbonyl (C=O) groups excluding carboxylic acids is 1. The van der Waals surface area contributed by atoms with Gasteiger partial charge < -0.3 is 9.47 Å². The number of hydrogen-bond donors (Lipinski definition) is 1. The van der Waals surface area contributed by atoms with Crippen molar-refractivity contribution in [3.8, 4) is 11.5 Å². The van der Waals surface area contributed by atoms with Gasteiger partial charge in [0, 0.05) is 12.0 Å². The summed E-state index contributed by atoms with van der Waals surface area (Å²) in [5.74, 6) is 1.04. The molecule has 0 fully saturated rings. The highest BCUT2D eigenvalue weighted by molar-refractivity contribution is 5.86. The third kappa shape index (κ3) is 5.80. The summed E-state index contributed by atoms with van der Waals surface area (Å²) < 4.78 is 11.2. The van der Waals surface area contributed by atoms with Gasteiger partial charge in [-0.3, -0.25) is 4.79 Å². The fourth-order valence-corrected chi connectivity index (χ4v) is 2.08. The number of rotatable bonds is 8. The Labute approximate surface area is 148 Å². The molecule has 1 amide bonds. The molecule has 1 N–H and O–H groups in total. The van der Waals surface area contributed by atoms with E-state index in [1.165, 1.54) is 0 Å². The van der Waals surface area contributed by atoms with Crippen molar-refractivity contribution in [2.75, 3.05) is 13.7 Å². The fraction of sp³-hybridized carbons (Fsp3) is 0.200. The summed E-state index contributed by atoms with van der Waals surface area (Å²) >= 11 is 0. The molecular weight excluding hydrogens is 316 g/mol. The van der Waals surface area contributed by atoms with E-state index < -0.39 is 0 Å². The molecule has 0 unspecified atom stereocenters. The molecule has 0 radical (unpaired) electrons. The van der Waals surface area contributed by atoms with Crippen molar-refractivity contribution >= 4 is 18.2 Å². The number of ether oxygens (including phenoxy) is 2. The van der Waals surface area contributed by atoms with Crippen LogP contribution in [0.25, 0.3) is 6.08 Å². The highest BCUT2D eigenvalue weighted by Crippen LogP contribution is 2.30. The van der Waals surface area contributed by atoms with Crippen LogP contribution in [0.1, 0.15) is 24.5 Å². The molecule has 0 atom stereocenters. The second kappa shape index (κ2) is 9.93. The van der Waals surface area contributed by atoms with E-state index >= 15 is 0 Å². The molecule has 0 aliphatic heterocycles. The van der Waals surface area contributed by atoms with E-state index in [2.05, 4.69) is 10.5 Å². The summed E-state index contributed by atoms with van der Waals surface area (Å²) in [7, 11) is 1.59. The summed E-state index contributed by atoms with van der Waals surface area (Å²) in [6, 6.07) is 15.5. The standard InChI is InChI=1S/C20H22N2O3/c1-3-19(23)22-21-15-17-12-7-13-18(24-2)20(17)25-14-8-11-16-9-5-4-6-10-16/h4-13,15H,3,14H2,1-2H3,(H,22,23)/b11-8+,21-15-. The highest BCUT2D eigenvalue weighted by atomic mass is 16.5. The normalized spacial score (nSPS) is 11.0. The maximum absolute atomic E-state index is 11.3. The van der Waals surface area contributed by atoms with Crippen molar-refractivity contribution in [3.05, 3.63) is 65.7 Å². The smallest absolute Gasteiger partial charge is 0.239 e. The molecule has 0 aliphatic rings. The van der Waals surface area contributed by atoms with Crippen molar-refractivity contribution in [1.82, 2.24) is 5.43 Å². The summed E-state index contributed by atoms with van der Waals surface area (Å²) in [4.78, 5) is 11.3. The van der Waals surface area contributed by atoms with E-state index in [0.29, 0.717) is 24.5 Å². The monoisotopic (exact) mass is 338 g/mol. The second-order valence-electron chi connectivity index (χ2n) is 5.15. The molecule has 2 aromatic rings. The minimum Gasteiger partial charge on any atom is -0.493 e. The largest absolute Gasteiger partial charge is 0.493 e. The first-order chi connectivity index (χ1) is 12.2. The van der Waals surface area contributed by atoms with Crippen LogP contribution in [-0.2, 0) is 4.79 Å². The Morgan fingerprint density at radius 1 is 1.16 bits per heavy atom. The van der Waals surface area contributed by atoms with Gasteiger partial charge in [0.25, 0.3) is 0 Å². The third-order valence-electron chi connectivity index (χ3n) is 3.38. The van der Waals surface area contributed by atoms with Gasteiger partial charge in [0.05, 0.1) is 13.3 Å². The van der Waals surface area contributed by atoms with E-state index in [-0.39, 0.29) is 5.91 Å². The first-order valence-electron chi connectivity index (χ1n) is 8.08. The van der Waals surface area contributed by atoms with E-state index in [1.807, 2.05) is 60.7 Å². The zero-order valence-electron chi connectivity index (χ0n) is 14.4. The van der Waals surface area contributed by atoms with Gasteiger partial charge in [0.2, 0.25) is 5.91 Å². The average Bonchev–Trinajstić information content (AvgIpc) is 2.66. The molecule has 25 heavy (non-hydrogen) atoms. The third-order valence-corrected chi connectivity index (χ3v) is 3.38. The number of para-hydroxylation sites is 1. The minimum absolute atomic E-state index is 0.146. The number of methoxy groups -OCH3 is 1. The SMILES string of the molecule is CCC(=O)N/N=C\c1cccc(OC)c1OC/C=C/c1ccccc1. The van der Waals surface area contributed by atoms with Crippen LogP contribution in [0.3, 0.4) is 0 Å². The molecule has 2 rings (SSSR count). The molecule has 5 nitrogen and oxygen atoms in total. The van der Waals surface area contributed by atoms with Crippen LogP contribution in [0.4, 0.5) is 0 Å². The molecule has 0 spiro atoms. The predicted molar refractivity (Wildman–Crippen MR) is 100.0 cm³/mol. The van der Waals surface area contributed by atoms with Crippen molar-refractivity contribution in [1.29, 1.82) is 0 Å². The van der Waals surface area contributed by atoms with Crippen LogP contribution in [0, 0.1) is 0 Å². The maximum Gasteiger partial charge on any atom is 0.239 e. The molecule has 0 aliphatic carbocycles. The molecule has 0 saturated heterocycles. The van der Waals surface area contributed by atoms with Gasteiger partial charge >= 0.3 is 0 Å². The quantitative estimate of drug-likeness (QED) is 0.590. The lowest BCUT2D eigenvalue weighted by Crippen LogP contribution is -2.15. The fourth-order valence-electron chi connectivity index (χ4n) is 2.08. The van der Waals surface area contributed by atoms with Crippen molar-refractivity contribution in [2.45, 2.75) is 13.3 Å². The Morgan fingerprint density at radius 2 is 1.96 bits per heavy atom. The van der Waals surface area contributed by atoms with Crippen LogP contribution in [0.15, 0.2) is 59.7 Å². The molecule has 2 aromatic carbocycles. The molecule has 0 saturated carbocycles. The van der Waals surface area contributed by atoms with Crippen molar-refractivity contribution < 1.29 is 14.3 Å². The lowest BCUT2D eigenvalue weighted by atomic mass is 10.2. The van der Waals surface area contributed by atoms with E-state index in [0.717, 1.165) is 11.1 Å². The van der Waals surface area contributed by atoms with Crippen molar-refractivity contribution in [2.24, 2.45) is 5.10 Å². The highest BCUT2D eigenvalue weighted by Gasteiger charge is 2.08. The van der Waals surface area contributed by atoms with E-state index in [9.17, 15) is 4.79 Å². The lowest BCUT2D eigenvalue weighted by molar-refractivity contribution is -0.120. The number of hydrogen-bond acceptors (Lipinski definition) is 4. The van der Waals surface area contributed by atoms with Crippen LogP contribution in [0.2, 0.25) is 0 Å². The van der Waals surface area contributed by atoms with Gasteiger partial charge in [-0.1, -0.05) is 49.4 Å². The Hall–Kier alpha value is -3.08. The lowest BCUT2D eigenvalue weighted by Gasteiger charge is -2.11. The minimum atomic E-state index is -0.146. The zero-order chi connectivity index (χ0) is 17.9. The topological polar surface area (TPSA) is 59.9 Å². The van der Waals surface area contributed by atoms with Gasteiger partial charge in [-0.15, -0.1) is 0 Å². The zero-order valence-corrected chi connectivity index (χ0v) is 14.4. The maximum atomic E-state index is 11.3. The molecule has 130 valence electrons. The summed E-state index contributed by atoms with van der Waals surface area (Å²) in [6.45, 7) is 2.15. The molecule has 0 bridgehead atoms. The number of hydrazone groups is 1. The molecular formula is C20H22N2O3. The first kappa shape index (κ1) is 18.3. The molecule has 5 heteroatoms. The van der Waals surface area contributed by atoms with Gasteiger partial charge in [0.1, 0.15) is 6.61 Å². The summed E-state index contributed by atoms with van der Waals surface area (Å²) in [6.07, 6.45) is 5.85. The Bertz CT molecular complexity index is 740. The van der Waals surface area contributed by atoms with E-state index in [1.54, 1.807) is 20.2 Å². The van der Waals surface area contributed by atoms with Crippen LogP contribution >= 0.6 is 0 Å². The second-order valence-corrected chi connectivity index (χ2v) is 5.15. The number of amides is 1. The molecule has 0 heterocycles. The Balaban J connectivity index is 2.07. The van der Waals surface area contributed by atoms with Crippen LogP contribution in [-0.4, -0.2) is 25.8 Å². The van der Waals surface area contributed by atoms with E-state index in [4.69, 9.17) is 9.47 Å². The number of carbonyl (C=O) groups is 1. The van der Waals surface area contributed by atoms with Gasteiger partial charge in [0.15, 0.2) is 11.5 Å². The van der Waals surface area contributed by atoms with Crippen LogP contribution < -0.4 is 14.9 Å². The van der Waals surface area contributed by atoms with Crippen LogP contribution in [0.5, 0.6) is 11.5 Å². The van der Waals surface area contributed by atoms with Crippen molar-refractivity contribution in [3.63, 3.8) is 0 Å². The number of benzene rings is 2. The molecule has 0 aromatic heterocycles. The van der Waals surface area contributed by atoms with Gasteiger partial charge in [-0.2, -0.15) is 5.10 Å². The average molecular weight is 338 g/mol. The Morgan fingerprint density at radius 3 is 2.68 bits per heavy atom. The summed E-state index contributed by atoms with van der Waals surface area (Å²) in [5, 5.41) is 3.95. The summed E-state index contributed by atoms with van der Waals surface area (Å²) in [5.41, 5.74) is 4.29. The Kier molecular flexibility index (Phi) is 7.25. The predicted octanol–water partition coefficient (Wildman–Crippen LogP) is 3.65. The van der Waals surface area contributed by atoms with Gasteiger partial charge in [-0.25, -0.2) is 5.43 Å². The van der Waals surface area contributed by atoms with Gasteiger partial charge in [-0.05, 0) is 23.8 Å². The number of nitrogens with one attached hydrogen (secondary N) is 1. The first-order valence-corrected chi connectivity index (χ1v) is 8.08. The number of nitrogens with zero attached hydrogens (tertiary/aromatic N) is 1.